The van der Waals surface area contributed by atoms with Gasteiger partial charge < -0.3 is 4.90 Å². The van der Waals surface area contributed by atoms with Crippen LogP contribution in [-0.4, -0.2) is 10.7 Å². The first-order chi connectivity index (χ1) is 14.9. The first-order valence-electron chi connectivity index (χ1n) is 10.3. The molecule has 3 heterocycles. The highest BCUT2D eigenvalue weighted by molar-refractivity contribution is 7.26. The van der Waals surface area contributed by atoms with E-state index in [9.17, 15) is 0 Å². The van der Waals surface area contributed by atoms with Gasteiger partial charge in [-0.05, 0) is 28.3 Å². The van der Waals surface area contributed by atoms with Gasteiger partial charge >= 0.3 is 0 Å². The summed E-state index contributed by atoms with van der Waals surface area (Å²) in [7, 11) is 0. The normalized spacial score (nSPS) is 19.5. The molecule has 3 heteroatoms. The predicted molar refractivity (Wildman–Crippen MR) is 126 cm³/mol. The van der Waals surface area contributed by atoms with Crippen molar-refractivity contribution in [2.45, 2.75) is 12.2 Å². The van der Waals surface area contributed by atoms with Crippen molar-refractivity contribution in [2.24, 2.45) is 4.99 Å². The Labute approximate surface area is 178 Å². The number of fused-ring (bicyclic) bond motifs is 4. The molecule has 2 aliphatic heterocycles. The van der Waals surface area contributed by atoms with Gasteiger partial charge in [0.1, 0.15) is 11.9 Å². The maximum atomic E-state index is 4.81. The zero-order valence-electron chi connectivity index (χ0n) is 16.2. The predicted octanol–water partition coefficient (Wildman–Crippen LogP) is 7.19. The van der Waals surface area contributed by atoms with Crippen LogP contribution in [0, 0.1) is 0 Å². The van der Waals surface area contributed by atoms with Crippen LogP contribution in [0.2, 0.25) is 0 Å². The van der Waals surface area contributed by atoms with Crippen molar-refractivity contribution < 1.29 is 0 Å². The summed E-state index contributed by atoms with van der Waals surface area (Å²) < 4.78 is 2.72. The minimum absolute atomic E-state index is 0.193. The molecule has 2 atom stereocenters. The fourth-order valence-electron chi connectivity index (χ4n) is 4.72. The van der Waals surface area contributed by atoms with Crippen LogP contribution >= 0.6 is 11.3 Å². The topological polar surface area (TPSA) is 15.4 Å². The molecule has 2 nitrogen and oxygen atoms in total. The Morgan fingerprint density at radius 3 is 2.30 bits per heavy atom. The molecular formula is C27H18N2S. The Balaban J connectivity index is 1.22. The van der Waals surface area contributed by atoms with E-state index in [1.165, 1.54) is 48.3 Å². The van der Waals surface area contributed by atoms with Crippen LogP contribution in [0.25, 0.3) is 31.3 Å². The number of hydrogen-bond donors (Lipinski definition) is 0. The van der Waals surface area contributed by atoms with Gasteiger partial charge in [-0.1, -0.05) is 91.0 Å². The smallest absolute Gasteiger partial charge is 0.151 e. The van der Waals surface area contributed by atoms with Gasteiger partial charge in [0.15, 0.2) is 6.17 Å². The quantitative estimate of drug-likeness (QED) is 0.292. The maximum Gasteiger partial charge on any atom is 0.151 e. The van der Waals surface area contributed by atoms with Crippen molar-refractivity contribution in [3.05, 3.63) is 108 Å². The molecule has 1 unspecified atom stereocenters. The second-order valence-corrected chi connectivity index (χ2v) is 9.04. The number of nitrogens with zero attached hydrogens (tertiary/aromatic N) is 2. The first kappa shape index (κ1) is 16.4. The van der Waals surface area contributed by atoms with Crippen molar-refractivity contribution in [3.8, 4) is 11.1 Å². The monoisotopic (exact) mass is 402 g/mol. The van der Waals surface area contributed by atoms with Crippen molar-refractivity contribution in [1.29, 1.82) is 0 Å². The molecule has 0 saturated carbocycles. The van der Waals surface area contributed by atoms with E-state index in [4.69, 9.17) is 4.99 Å². The average Bonchev–Trinajstić information content (AvgIpc) is 3.19. The molecule has 0 amide bonds. The van der Waals surface area contributed by atoms with Crippen molar-refractivity contribution in [2.75, 3.05) is 0 Å². The van der Waals surface area contributed by atoms with Crippen LogP contribution in [0.3, 0.4) is 0 Å². The molecular weight excluding hydrogens is 384 g/mol. The van der Waals surface area contributed by atoms with E-state index in [0.29, 0.717) is 6.04 Å². The lowest BCUT2D eigenvalue weighted by Gasteiger charge is -2.20. The SMILES string of the molecule is c1ccc([C@@H]2N=C3C(c4ccc(-c5cccc6c5sc5ccccc56)cc4)N32)cc1. The average molecular weight is 403 g/mol. The van der Waals surface area contributed by atoms with Gasteiger partial charge in [-0.3, -0.25) is 0 Å². The van der Waals surface area contributed by atoms with E-state index >= 15 is 0 Å². The van der Waals surface area contributed by atoms with Gasteiger partial charge in [-0.25, -0.2) is 4.99 Å². The van der Waals surface area contributed by atoms with Gasteiger partial charge in [0.2, 0.25) is 0 Å². The fraction of sp³-hybridized carbons (Fsp3) is 0.0741. The zero-order valence-corrected chi connectivity index (χ0v) is 17.0. The van der Waals surface area contributed by atoms with E-state index in [0.717, 1.165) is 0 Å². The van der Waals surface area contributed by atoms with Crippen LogP contribution < -0.4 is 0 Å². The van der Waals surface area contributed by atoms with Crippen LogP contribution in [0.5, 0.6) is 0 Å². The molecule has 7 rings (SSSR count). The lowest BCUT2D eigenvalue weighted by Crippen LogP contribution is -2.16. The van der Waals surface area contributed by atoms with Crippen LogP contribution in [-0.2, 0) is 0 Å². The molecule has 2 aliphatic rings. The Hall–Kier alpha value is -3.43. The summed E-state index contributed by atoms with van der Waals surface area (Å²) in [6.07, 6.45) is 0.193. The van der Waals surface area contributed by atoms with Gasteiger partial charge in [0.05, 0.1) is 0 Å². The summed E-state index contributed by atoms with van der Waals surface area (Å²) >= 11 is 1.89. The molecule has 4 aromatic carbocycles. The lowest BCUT2D eigenvalue weighted by atomic mass is 10.0. The number of rotatable bonds is 3. The van der Waals surface area contributed by atoms with Crippen molar-refractivity contribution in [3.63, 3.8) is 0 Å². The molecule has 0 bridgehead atoms. The Bertz CT molecular complexity index is 1450. The van der Waals surface area contributed by atoms with Gasteiger partial charge in [-0.2, -0.15) is 0 Å². The van der Waals surface area contributed by atoms with E-state index in [1.54, 1.807) is 0 Å². The Morgan fingerprint density at radius 1 is 0.667 bits per heavy atom. The van der Waals surface area contributed by atoms with Gasteiger partial charge in [0, 0.05) is 20.2 Å². The van der Waals surface area contributed by atoms with E-state index in [1.807, 2.05) is 11.3 Å². The summed E-state index contributed by atoms with van der Waals surface area (Å²) in [5, 5.41) is 2.70. The lowest BCUT2D eigenvalue weighted by molar-refractivity contribution is 0.393. The molecule has 0 N–H and O–H groups in total. The zero-order chi connectivity index (χ0) is 19.7. The third-order valence-corrected chi connectivity index (χ3v) is 7.50. The standard InChI is InChI=1S/C27H18N2S/c1-2-7-19(8-3-1)26-28-27-24(29(26)27)18-15-13-17(14-16-18)20-10-6-11-22-21-9-4-5-12-23(21)30-25(20)22/h1-16,24,26H/t24?,26-,29?/m1/s1. The van der Waals surface area contributed by atoms with Gasteiger partial charge in [-0.15, -0.1) is 11.3 Å². The van der Waals surface area contributed by atoms with E-state index < -0.39 is 0 Å². The van der Waals surface area contributed by atoms with Crippen LogP contribution in [0.1, 0.15) is 23.3 Å². The maximum absolute atomic E-state index is 4.81. The highest BCUT2D eigenvalue weighted by atomic mass is 32.1. The molecule has 0 radical (unpaired) electrons. The van der Waals surface area contributed by atoms with E-state index in [-0.39, 0.29) is 6.17 Å². The van der Waals surface area contributed by atoms with Crippen LogP contribution in [0.15, 0.2) is 102 Å². The number of amidine groups is 1. The van der Waals surface area contributed by atoms with Crippen molar-refractivity contribution >= 4 is 37.3 Å². The third kappa shape index (κ3) is 2.27. The van der Waals surface area contributed by atoms with Crippen LogP contribution in [0.4, 0.5) is 0 Å². The molecule has 5 aromatic rings. The van der Waals surface area contributed by atoms with Gasteiger partial charge in [0.25, 0.3) is 0 Å². The molecule has 0 aliphatic carbocycles. The Kier molecular flexibility index (Phi) is 3.29. The highest BCUT2D eigenvalue weighted by Crippen LogP contribution is 2.54. The molecule has 0 spiro atoms. The highest BCUT2D eigenvalue weighted by Gasteiger charge is 2.55. The number of benzene rings is 4. The number of aliphatic imine (C=N–C) groups is 1. The third-order valence-electron chi connectivity index (χ3n) is 6.28. The summed E-state index contributed by atoms with van der Waals surface area (Å²) in [6.45, 7) is 0. The second kappa shape index (κ2) is 6.04. The summed E-state index contributed by atoms with van der Waals surface area (Å²) in [5.41, 5.74) is 5.20. The molecule has 142 valence electrons. The minimum atomic E-state index is 0.193. The number of hydrogen-bond acceptors (Lipinski definition) is 3. The minimum Gasteiger partial charge on any atom is -0.318 e. The summed E-state index contributed by atoms with van der Waals surface area (Å²) in [5.74, 6) is 1.23. The summed E-state index contributed by atoms with van der Waals surface area (Å²) in [6, 6.07) is 35.3. The molecule has 1 fully saturated rings. The molecule has 1 aromatic heterocycles. The summed E-state index contributed by atoms with van der Waals surface area (Å²) in [4.78, 5) is 7.23. The first-order valence-corrected chi connectivity index (χ1v) is 11.1. The second-order valence-electron chi connectivity index (χ2n) is 7.98. The van der Waals surface area contributed by atoms with E-state index in [2.05, 4.69) is 102 Å². The van der Waals surface area contributed by atoms with Crippen molar-refractivity contribution in [1.82, 2.24) is 4.90 Å². The fourth-order valence-corrected chi connectivity index (χ4v) is 5.96. The number of thiophene rings is 1. The molecule has 30 heavy (non-hydrogen) atoms. The Morgan fingerprint density at radius 2 is 1.43 bits per heavy atom. The molecule has 1 saturated heterocycles. The largest absolute Gasteiger partial charge is 0.318 e.